The highest BCUT2D eigenvalue weighted by molar-refractivity contribution is 7.80. The number of hydrogen-bond donors (Lipinski definition) is 1. The van der Waals surface area contributed by atoms with Crippen molar-refractivity contribution in [1.29, 1.82) is 0 Å². The van der Waals surface area contributed by atoms with Crippen LogP contribution in [0.1, 0.15) is 12.5 Å². The van der Waals surface area contributed by atoms with E-state index in [2.05, 4.69) is 11.4 Å². The molecule has 0 atom stereocenters. The van der Waals surface area contributed by atoms with E-state index in [1.165, 1.54) is 5.56 Å². The number of rotatable bonds is 1. The van der Waals surface area contributed by atoms with Crippen LogP contribution in [0.2, 0.25) is 0 Å². The van der Waals surface area contributed by atoms with E-state index >= 15 is 0 Å². The Morgan fingerprint density at radius 1 is 1.53 bits per heavy atom. The van der Waals surface area contributed by atoms with Gasteiger partial charge < -0.3 is 9.64 Å². The molecule has 1 aromatic rings. The van der Waals surface area contributed by atoms with Crippen molar-refractivity contribution in [3.63, 3.8) is 0 Å². The Morgan fingerprint density at radius 2 is 2.29 bits per heavy atom. The number of carbonyl (C=O) groups is 1. The first-order valence-corrected chi connectivity index (χ1v) is 5.96. The molecule has 1 N–H and O–H groups in total. The van der Waals surface area contributed by atoms with Crippen LogP contribution in [0.3, 0.4) is 0 Å². The molecule has 1 aromatic carbocycles. The summed E-state index contributed by atoms with van der Waals surface area (Å²) < 4.78 is 4.80. The van der Waals surface area contributed by atoms with Gasteiger partial charge in [-0.3, -0.25) is 5.32 Å². The van der Waals surface area contributed by atoms with Crippen LogP contribution in [0.4, 0.5) is 10.5 Å². The van der Waals surface area contributed by atoms with Crippen LogP contribution in [-0.4, -0.2) is 24.4 Å². The second kappa shape index (κ2) is 5.14. The molecule has 0 aliphatic carbocycles. The van der Waals surface area contributed by atoms with E-state index in [0.717, 1.165) is 18.7 Å². The highest BCUT2D eigenvalue weighted by Crippen LogP contribution is 2.27. The van der Waals surface area contributed by atoms with Gasteiger partial charge in [0, 0.05) is 12.2 Å². The number of nitrogens with one attached hydrogen (secondary N) is 1. The maximum absolute atomic E-state index is 11.3. The normalized spacial score (nSPS) is 13.1. The highest BCUT2D eigenvalue weighted by Gasteiger charge is 2.22. The highest BCUT2D eigenvalue weighted by atomic mass is 32.1. The van der Waals surface area contributed by atoms with Gasteiger partial charge in [0.05, 0.1) is 6.61 Å². The first-order chi connectivity index (χ1) is 8.22. The third-order valence-electron chi connectivity index (χ3n) is 2.62. The maximum atomic E-state index is 11.3. The van der Waals surface area contributed by atoms with Crippen molar-refractivity contribution in [3.05, 3.63) is 29.8 Å². The Labute approximate surface area is 106 Å². The summed E-state index contributed by atoms with van der Waals surface area (Å²) in [5.41, 5.74) is 2.31. The minimum atomic E-state index is -0.498. The fourth-order valence-corrected chi connectivity index (χ4v) is 2.14. The van der Waals surface area contributed by atoms with E-state index in [1.807, 2.05) is 23.1 Å². The molecule has 0 spiro atoms. The number of para-hydroxylation sites is 1. The molecule has 2 rings (SSSR count). The molecule has 0 aromatic heterocycles. The van der Waals surface area contributed by atoms with Crippen molar-refractivity contribution in [2.75, 3.05) is 18.1 Å². The third kappa shape index (κ3) is 2.55. The van der Waals surface area contributed by atoms with Crippen molar-refractivity contribution in [2.24, 2.45) is 0 Å². The van der Waals surface area contributed by atoms with E-state index < -0.39 is 6.09 Å². The molecule has 1 heterocycles. The molecule has 17 heavy (non-hydrogen) atoms. The monoisotopic (exact) mass is 250 g/mol. The predicted molar refractivity (Wildman–Crippen MR) is 70.2 cm³/mol. The van der Waals surface area contributed by atoms with Gasteiger partial charge in [-0.1, -0.05) is 18.2 Å². The number of fused-ring (bicyclic) bond motifs is 1. The zero-order valence-electron chi connectivity index (χ0n) is 9.60. The second-order valence-electron chi connectivity index (χ2n) is 3.68. The van der Waals surface area contributed by atoms with E-state index in [9.17, 15) is 4.79 Å². The van der Waals surface area contributed by atoms with E-state index in [0.29, 0.717) is 11.7 Å². The Kier molecular flexibility index (Phi) is 3.58. The standard InChI is InChI=1S/C12H14N2O2S/c1-2-16-12(15)13-11(17)14-8-7-9-5-3-4-6-10(9)14/h3-6H,2,7-8H2,1H3,(H,13,15,17). The molecule has 0 fully saturated rings. The van der Waals surface area contributed by atoms with Crippen LogP contribution < -0.4 is 10.2 Å². The topological polar surface area (TPSA) is 41.6 Å². The summed E-state index contributed by atoms with van der Waals surface area (Å²) in [4.78, 5) is 13.2. The average Bonchev–Trinajstić information content (AvgIpc) is 2.72. The van der Waals surface area contributed by atoms with Crippen molar-refractivity contribution in [1.82, 2.24) is 5.32 Å². The zero-order chi connectivity index (χ0) is 12.3. The first-order valence-electron chi connectivity index (χ1n) is 5.55. The Bertz CT molecular complexity index is 448. The molecule has 1 aliphatic rings. The van der Waals surface area contributed by atoms with Crippen molar-refractivity contribution >= 4 is 29.1 Å². The molecule has 0 radical (unpaired) electrons. The number of carbonyl (C=O) groups excluding carboxylic acids is 1. The number of alkyl carbamates (subject to hydrolysis) is 1. The minimum Gasteiger partial charge on any atom is -0.450 e. The third-order valence-corrected chi connectivity index (χ3v) is 2.94. The maximum Gasteiger partial charge on any atom is 0.413 e. The van der Waals surface area contributed by atoms with Gasteiger partial charge >= 0.3 is 6.09 Å². The molecular weight excluding hydrogens is 236 g/mol. The summed E-state index contributed by atoms with van der Waals surface area (Å²) >= 11 is 5.19. The lowest BCUT2D eigenvalue weighted by Gasteiger charge is -2.20. The summed E-state index contributed by atoms with van der Waals surface area (Å²) in [6, 6.07) is 8.04. The molecule has 0 saturated heterocycles. The molecule has 5 heteroatoms. The summed E-state index contributed by atoms with van der Waals surface area (Å²) in [5, 5.41) is 2.96. The fraction of sp³-hybridized carbons (Fsp3) is 0.333. The zero-order valence-corrected chi connectivity index (χ0v) is 10.4. The summed E-state index contributed by atoms with van der Waals surface area (Å²) in [7, 11) is 0. The molecule has 90 valence electrons. The second-order valence-corrected chi connectivity index (χ2v) is 4.07. The molecule has 1 aliphatic heterocycles. The molecule has 1 amide bonds. The quantitative estimate of drug-likeness (QED) is 0.775. The van der Waals surface area contributed by atoms with Gasteiger partial charge in [0.15, 0.2) is 5.11 Å². The van der Waals surface area contributed by atoms with Gasteiger partial charge in [-0.2, -0.15) is 0 Å². The van der Waals surface area contributed by atoms with E-state index in [1.54, 1.807) is 6.92 Å². The Hall–Kier alpha value is -1.62. The summed E-state index contributed by atoms with van der Waals surface area (Å²) in [6.45, 7) is 2.89. The molecular formula is C12H14N2O2S. The van der Waals surface area contributed by atoms with E-state index in [-0.39, 0.29) is 0 Å². The smallest absolute Gasteiger partial charge is 0.413 e. The van der Waals surface area contributed by atoms with Crippen LogP contribution in [0, 0.1) is 0 Å². The van der Waals surface area contributed by atoms with Crippen LogP contribution in [0.25, 0.3) is 0 Å². The van der Waals surface area contributed by atoms with E-state index in [4.69, 9.17) is 17.0 Å². The average molecular weight is 250 g/mol. The lowest BCUT2D eigenvalue weighted by molar-refractivity contribution is 0.158. The number of amides is 1. The largest absolute Gasteiger partial charge is 0.450 e. The minimum absolute atomic E-state index is 0.338. The van der Waals surface area contributed by atoms with Crippen molar-refractivity contribution in [3.8, 4) is 0 Å². The SMILES string of the molecule is CCOC(=O)NC(=S)N1CCc2ccccc21. The number of thiocarbonyl (C=S) groups is 1. The fourth-order valence-electron chi connectivity index (χ4n) is 1.87. The summed E-state index contributed by atoms with van der Waals surface area (Å²) in [6.07, 6.45) is 0.447. The van der Waals surface area contributed by atoms with Crippen LogP contribution in [-0.2, 0) is 11.2 Å². The molecule has 0 saturated carbocycles. The van der Waals surface area contributed by atoms with Gasteiger partial charge in [-0.25, -0.2) is 4.79 Å². The number of benzene rings is 1. The summed E-state index contributed by atoms with van der Waals surface area (Å²) in [5.74, 6) is 0. The van der Waals surface area contributed by atoms with Gasteiger partial charge in [-0.05, 0) is 37.2 Å². The Balaban J connectivity index is 2.05. The van der Waals surface area contributed by atoms with Crippen LogP contribution in [0.15, 0.2) is 24.3 Å². The molecule has 0 bridgehead atoms. The molecule has 4 nitrogen and oxygen atoms in total. The van der Waals surface area contributed by atoms with Gasteiger partial charge in [0.25, 0.3) is 0 Å². The number of anilines is 1. The Morgan fingerprint density at radius 3 is 3.06 bits per heavy atom. The van der Waals surface area contributed by atoms with Gasteiger partial charge in [0.2, 0.25) is 0 Å². The lowest BCUT2D eigenvalue weighted by atomic mass is 10.2. The molecule has 0 unspecified atom stereocenters. The van der Waals surface area contributed by atoms with Gasteiger partial charge in [0.1, 0.15) is 0 Å². The van der Waals surface area contributed by atoms with Crippen molar-refractivity contribution in [2.45, 2.75) is 13.3 Å². The first kappa shape index (κ1) is 11.9. The number of hydrogen-bond acceptors (Lipinski definition) is 3. The number of nitrogens with zero attached hydrogens (tertiary/aromatic N) is 1. The van der Waals surface area contributed by atoms with Gasteiger partial charge in [-0.15, -0.1) is 0 Å². The van der Waals surface area contributed by atoms with Crippen LogP contribution >= 0.6 is 12.2 Å². The van der Waals surface area contributed by atoms with Crippen molar-refractivity contribution < 1.29 is 9.53 Å². The predicted octanol–water partition coefficient (Wildman–Crippen LogP) is 2.08. The van der Waals surface area contributed by atoms with Crippen LogP contribution in [0.5, 0.6) is 0 Å². The lowest BCUT2D eigenvalue weighted by Crippen LogP contribution is -2.42. The number of ether oxygens (including phenoxy) is 1.